The maximum Gasteiger partial charge on any atom is 0.120 e. The van der Waals surface area contributed by atoms with Crippen LogP contribution in [0.4, 0.5) is 0 Å². The molecule has 0 bridgehead atoms. The zero-order chi connectivity index (χ0) is 14.8. The number of halogens is 1. The lowest BCUT2D eigenvalue weighted by molar-refractivity contribution is 0.120. The van der Waals surface area contributed by atoms with Gasteiger partial charge in [0.15, 0.2) is 0 Å². The van der Waals surface area contributed by atoms with E-state index in [1.165, 1.54) is 41.5 Å². The Morgan fingerprint density at radius 3 is 2.38 bits per heavy atom. The van der Waals surface area contributed by atoms with Crippen LogP contribution in [0, 0.1) is 13.8 Å². The average molecular weight is 301 g/mol. The Morgan fingerprint density at radius 2 is 1.81 bits per heavy atom. The van der Waals surface area contributed by atoms with Crippen molar-refractivity contribution in [1.82, 2.24) is 0 Å². The average Bonchev–Trinajstić information content (AvgIpc) is 2.42. The third-order valence-corrected chi connectivity index (χ3v) is 4.54. The van der Waals surface area contributed by atoms with E-state index in [1.54, 1.807) is 0 Å². The fraction of sp³-hybridized carbons (Fsp3) is 0.368. The molecule has 2 heteroatoms. The number of aryl methyl sites for hydroxylation is 2. The molecule has 0 atom stereocenters. The highest BCUT2D eigenvalue weighted by atomic mass is 35.5. The molecular formula is C19H21ClO. The van der Waals surface area contributed by atoms with Gasteiger partial charge in [-0.25, -0.2) is 0 Å². The van der Waals surface area contributed by atoms with Crippen LogP contribution >= 0.6 is 11.6 Å². The molecule has 0 saturated heterocycles. The van der Waals surface area contributed by atoms with Crippen LogP contribution in [0.25, 0.3) is 11.1 Å². The first-order valence-electron chi connectivity index (χ1n) is 7.60. The molecule has 110 valence electrons. The minimum atomic E-state index is 0.425. The lowest BCUT2D eigenvalue weighted by atomic mass is 9.93. The molecule has 0 aromatic heterocycles. The molecule has 0 radical (unpaired) electrons. The Hall–Kier alpha value is -1.47. The third kappa shape index (κ3) is 3.08. The van der Waals surface area contributed by atoms with E-state index in [-0.39, 0.29) is 0 Å². The summed E-state index contributed by atoms with van der Waals surface area (Å²) in [5.41, 5.74) is 6.20. The van der Waals surface area contributed by atoms with Crippen molar-refractivity contribution in [3.8, 4) is 16.9 Å². The van der Waals surface area contributed by atoms with E-state index in [0.29, 0.717) is 12.0 Å². The standard InChI is InChI=1S/C19H21ClO/c1-13-9-18(21-17-7-4-8-17)10-14(2)19(13)16-6-3-5-15(11-16)12-20/h3,5-6,9-11,17H,4,7-8,12H2,1-2H3. The number of ether oxygens (including phenoxy) is 1. The molecule has 2 aromatic carbocycles. The second kappa shape index (κ2) is 6.11. The number of alkyl halides is 1. The summed E-state index contributed by atoms with van der Waals surface area (Å²) in [6.07, 6.45) is 4.11. The van der Waals surface area contributed by atoms with E-state index in [1.807, 2.05) is 0 Å². The Bertz CT molecular complexity index is 621. The van der Waals surface area contributed by atoms with Crippen LogP contribution < -0.4 is 4.74 Å². The highest BCUT2D eigenvalue weighted by Crippen LogP contribution is 2.33. The zero-order valence-corrected chi connectivity index (χ0v) is 13.4. The van der Waals surface area contributed by atoms with Crippen molar-refractivity contribution < 1.29 is 4.74 Å². The van der Waals surface area contributed by atoms with E-state index < -0.39 is 0 Å². The molecule has 1 saturated carbocycles. The van der Waals surface area contributed by atoms with Gasteiger partial charge in [0.2, 0.25) is 0 Å². The molecule has 1 fully saturated rings. The summed E-state index contributed by atoms with van der Waals surface area (Å²) in [5.74, 6) is 1.56. The van der Waals surface area contributed by atoms with E-state index in [9.17, 15) is 0 Å². The summed E-state index contributed by atoms with van der Waals surface area (Å²) in [6, 6.07) is 12.8. The molecule has 21 heavy (non-hydrogen) atoms. The quantitative estimate of drug-likeness (QED) is 0.664. The first-order valence-corrected chi connectivity index (χ1v) is 8.14. The van der Waals surface area contributed by atoms with Crippen LogP contribution in [-0.2, 0) is 5.88 Å². The van der Waals surface area contributed by atoms with Gasteiger partial charge >= 0.3 is 0 Å². The molecule has 0 heterocycles. The lowest BCUT2D eigenvalue weighted by Crippen LogP contribution is -2.24. The predicted octanol–water partition coefficient (Wildman–Crippen LogP) is 5.64. The first-order chi connectivity index (χ1) is 10.2. The summed E-state index contributed by atoms with van der Waals surface area (Å²) in [5, 5.41) is 0. The molecule has 2 aromatic rings. The summed E-state index contributed by atoms with van der Waals surface area (Å²) >= 11 is 5.95. The third-order valence-electron chi connectivity index (χ3n) is 4.23. The summed E-state index contributed by atoms with van der Waals surface area (Å²) in [6.45, 7) is 4.31. The van der Waals surface area contributed by atoms with Gasteiger partial charge < -0.3 is 4.74 Å². The molecule has 1 aliphatic carbocycles. The minimum absolute atomic E-state index is 0.425. The lowest BCUT2D eigenvalue weighted by Gasteiger charge is -2.27. The van der Waals surface area contributed by atoms with Crippen LogP contribution in [0.2, 0.25) is 0 Å². The summed E-state index contributed by atoms with van der Waals surface area (Å²) in [4.78, 5) is 0. The van der Waals surface area contributed by atoms with E-state index in [2.05, 4.69) is 50.2 Å². The first kappa shape index (κ1) is 14.5. The molecule has 3 rings (SSSR count). The molecule has 1 nitrogen and oxygen atoms in total. The monoisotopic (exact) mass is 300 g/mol. The number of hydrogen-bond donors (Lipinski definition) is 0. The molecule has 1 aliphatic rings. The fourth-order valence-corrected chi connectivity index (χ4v) is 3.10. The van der Waals surface area contributed by atoms with E-state index >= 15 is 0 Å². The molecule has 0 aliphatic heterocycles. The van der Waals surface area contributed by atoms with Gasteiger partial charge in [-0.3, -0.25) is 0 Å². The van der Waals surface area contributed by atoms with Gasteiger partial charge in [-0.15, -0.1) is 11.6 Å². The smallest absolute Gasteiger partial charge is 0.120 e. The van der Waals surface area contributed by atoms with Gasteiger partial charge in [0.05, 0.1) is 6.10 Å². The Balaban J connectivity index is 1.94. The largest absolute Gasteiger partial charge is 0.490 e. The van der Waals surface area contributed by atoms with Gasteiger partial charge in [-0.05, 0) is 79.1 Å². The SMILES string of the molecule is Cc1cc(OC2CCC2)cc(C)c1-c1cccc(CCl)c1. The molecular weight excluding hydrogens is 280 g/mol. The second-order valence-corrected chi connectivity index (χ2v) is 6.20. The van der Waals surface area contributed by atoms with E-state index in [0.717, 1.165) is 11.3 Å². The number of hydrogen-bond acceptors (Lipinski definition) is 1. The Morgan fingerprint density at radius 1 is 1.10 bits per heavy atom. The van der Waals surface area contributed by atoms with Crippen LogP contribution in [0.15, 0.2) is 36.4 Å². The van der Waals surface area contributed by atoms with Gasteiger partial charge in [-0.1, -0.05) is 18.2 Å². The van der Waals surface area contributed by atoms with Gasteiger partial charge in [0.25, 0.3) is 0 Å². The maximum absolute atomic E-state index is 6.03. The minimum Gasteiger partial charge on any atom is -0.490 e. The Kier molecular flexibility index (Phi) is 4.21. The van der Waals surface area contributed by atoms with Crippen LogP contribution in [-0.4, -0.2) is 6.10 Å². The van der Waals surface area contributed by atoms with Crippen molar-refractivity contribution >= 4 is 11.6 Å². The van der Waals surface area contributed by atoms with Gasteiger partial charge in [-0.2, -0.15) is 0 Å². The zero-order valence-electron chi connectivity index (χ0n) is 12.7. The highest BCUT2D eigenvalue weighted by Gasteiger charge is 2.19. The van der Waals surface area contributed by atoms with Crippen molar-refractivity contribution in [2.24, 2.45) is 0 Å². The molecule has 0 N–H and O–H groups in total. The summed E-state index contributed by atoms with van der Waals surface area (Å²) < 4.78 is 6.03. The van der Waals surface area contributed by atoms with Crippen molar-refractivity contribution in [3.63, 3.8) is 0 Å². The number of rotatable bonds is 4. The van der Waals surface area contributed by atoms with E-state index in [4.69, 9.17) is 16.3 Å². The van der Waals surface area contributed by atoms with Crippen molar-refractivity contribution in [2.45, 2.75) is 45.1 Å². The van der Waals surface area contributed by atoms with Crippen molar-refractivity contribution in [1.29, 1.82) is 0 Å². The Labute approximate surface area is 131 Å². The normalized spacial score (nSPS) is 14.8. The van der Waals surface area contributed by atoms with Crippen molar-refractivity contribution in [3.05, 3.63) is 53.1 Å². The van der Waals surface area contributed by atoms with Crippen LogP contribution in [0.3, 0.4) is 0 Å². The van der Waals surface area contributed by atoms with Crippen LogP contribution in [0.1, 0.15) is 36.0 Å². The number of benzene rings is 2. The molecule has 0 spiro atoms. The second-order valence-electron chi connectivity index (χ2n) is 5.94. The topological polar surface area (TPSA) is 9.23 Å². The summed E-state index contributed by atoms with van der Waals surface area (Å²) in [7, 11) is 0. The fourth-order valence-electron chi connectivity index (χ4n) is 2.94. The van der Waals surface area contributed by atoms with Gasteiger partial charge in [0, 0.05) is 5.88 Å². The highest BCUT2D eigenvalue weighted by molar-refractivity contribution is 6.17. The van der Waals surface area contributed by atoms with Crippen LogP contribution in [0.5, 0.6) is 5.75 Å². The molecule has 0 amide bonds. The molecule has 0 unspecified atom stereocenters. The van der Waals surface area contributed by atoms with Crippen molar-refractivity contribution in [2.75, 3.05) is 0 Å². The maximum atomic E-state index is 6.03. The predicted molar refractivity (Wildman–Crippen MR) is 89.2 cm³/mol. The van der Waals surface area contributed by atoms with Gasteiger partial charge in [0.1, 0.15) is 5.75 Å².